The highest BCUT2D eigenvalue weighted by atomic mass is 16.5. The minimum absolute atomic E-state index is 0.0197. The molecule has 1 heterocycles. The Balaban J connectivity index is 1.87. The van der Waals surface area contributed by atoms with E-state index in [1.807, 2.05) is 32.1 Å². The summed E-state index contributed by atoms with van der Waals surface area (Å²) in [6.07, 6.45) is 2.44. The van der Waals surface area contributed by atoms with Gasteiger partial charge in [-0.2, -0.15) is 4.90 Å². The van der Waals surface area contributed by atoms with Crippen molar-refractivity contribution < 1.29 is 39.5 Å². The van der Waals surface area contributed by atoms with Crippen molar-refractivity contribution in [2.45, 2.75) is 59.0 Å². The number of likely N-dealkylation sites (tertiary alicyclic amines) is 1. The Morgan fingerprint density at radius 3 is 2.35 bits per heavy atom. The fraction of sp³-hybridized carbons (Fsp3) is 0.536. The van der Waals surface area contributed by atoms with Gasteiger partial charge in [-0.1, -0.05) is 25.0 Å². The second-order valence-electron chi connectivity index (χ2n) is 9.93. The highest BCUT2D eigenvalue weighted by Crippen LogP contribution is 2.46. The van der Waals surface area contributed by atoms with E-state index in [-0.39, 0.29) is 18.6 Å². The molecule has 3 amide bonds. The number of methoxy groups -OCH3 is 1. The summed E-state index contributed by atoms with van der Waals surface area (Å²) in [6.45, 7) is 4.79. The van der Waals surface area contributed by atoms with Gasteiger partial charge in [-0.05, 0) is 79.5 Å². The maximum Gasteiger partial charge on any atom is 0.423 e. The molecule has 9 heteroatoms. The van der Waals surface area contributed by atoms with Crippen LogP contribution >= 0.6 is 0 Å². The molecule has 1 fully saturated rings. The van der Waals surface area contributed by atoms with Gasteiger partial charge in [-0.15, -0.1) is 0 Å². The first-order valence-corrected chi connectivity index (χ1v) is 12.7. The van der Waals surface area contributed by atoms with Crippen LogP contribution in [0, 0.1) is 31.6 Å². The molecule has 202 valence electrons. The average molecular weight is 516 g/mol. The molecule has 1 aromatic carbocycles. The zero-order chi connectivity index (χ0) is 27.4. The fourth-order valence-electron chi connectivity index (χ4n) is 5.75. The monoisotopic (exact) mass is 515 g/mol. The normalized spacial score (nSPS) is 22.9. The third-order valence-electron chi connectivity index (χ3n) is 7.48. The van der Waals surface area contributed by atoms with E-state index in [0.717, 1.165) is 42.2 Å². The number of phenols is 1. The van der Waals surface area contributed by atoms with Gasteiger partial charge in [0.15, 0.2) is 0 Å². The van der Waals surface area contributed by atoms with Gasteiger partial charge in [0.25, 0.3) is 0 Å². The van der Waals surface area contributed by atoms with Gasteiger partial charge in [-0.3, -0.25) is 9.59 Å². The van der Waals surface area contributed by atoms with Crippen LogP contribution in [0.4, 0.5) is 4.79 Å². The Kier molecular flexibility index (Phi) is 9.28. The van der Waals surface area contributed by atoms with Crippen molar-refractivity contribution >= 4 is 24.0 Å². The number of hydrogen-bond donors (Lipinski definition) is 4. The number of fused-ring (bicyclic) bond motifs is 1. The summed E-state index contributed by atoms with van der Waals surface area (Å²) in [5.74, 6) is -4.02. The first-order chi connectivity index (χ1) is 17.6. The van der Waals surface area contributed by atoms with Crippen molar-refractivity contribution in [1.82, 2.24) is 4.90 Å². The molecule has 37 heavy (non-hydrogen) atoms. The summed E-state index contributed by atoms with van der Waals surface area (Å²) in [6, 6.07) is 3.80. The number of benzene rings is 1. The number of aliphatic hydroxyl groups excluding tert-OH is 3. The Morgan fingerprint density at radius 1 is 1.16 bits per heavy atom. The molecule has 3 rings (SSSR count). The summed E-state index contributed by atoms with van der Waals surface area (Å²) in [7, 11) is 1.07. The van der Waals surface area contributed by atoms with Crippen LogP contribution in [0.15, 0.2) is 28.9 Å². The van der Waals surface area contributed by atoms with Crippen molar-refractivity contribution in [3.63, 3.8) is 0 Å². The van der Waals surface area contributed by atoms with Crippen LogP contribution in [0.3, 0.4) is 0 Å². The molecule has 4 atom stereocenters. The summed E-state index contributed by atoms with van der Waals surface area (Å²) < 4.78 is 4.59. The predicted octanol–water partition coefficient (Wildman–Crippen LogP) is 3.00. The minimum atomic E-state index is -1.08. The largest absolute Gasteiger partial charge is 0.507 e. The third kappa shape index (κ3) is 5.63. The predicted molar refractivity (Wildman–Crippen MR) is 136 cm³/mol. The molecular weight excluding hydrogens is 478 g/mol. The van der Waals surface area contributed by atoms with Crippen LogP contribution in [-0.2, 0) is 14.3 Å². The lowest BCUT2D eigenvalue weighted by atomic mass is 9.68. The number of aryl methyl sites for hydroxylation is 2. The summed E-state index contributed by atoms with van der Waals surface area (Å²) in [4.78, 5) is 38.3. The van der Waals surface area contributed by atoms with Gasteiger partial charge in [0, 0.05) is 5.92 Å². The van der Waals surface area contributed by atoms with Gasteiger partial charge in [0.2, 0.25) is 11.8 Å². The molecule has 9 nitrogen and oxygen atoms in total. The average Bonchev–Trinajstić information content (AvgIpc) is 3.13. The number of aromatic hydroxyl groups is 1. The number of carbonyl (C=O) groups is 3. The first kappa shape index (κ1) is 28.6. The number of rotatable bonds is 9. The van der Waals surface area contributed by atoms with Crippen molar-refractivity contribution in [2.24, 2.45) is 17.8 Å². The third-order valence-corrected chi connectivity index (χ3v) is 7.48. The molecule has 2 aliphatic rings. The number of phenolic OH excluding ortho intramolecular Hbond substituents is 1. The molecule has 1 aromatic rings. The fourth-order valence-corrected chi connectivity index (χ4v) is 5.75. The second-order valence-corrected chi connectivity index (χ2v) is 9.93. The minimum Gasteiger partial charge on any atom is -0.507 e. The van der Waals surface area contributed by atoms with Crippen LogP contribution in [0.1, 0.15) is 55.7 Å². The number of aliphatic hydroxyl groups is 3. The van der Waals surface area contributed by atoms with Gasteiger partial charge < -0.3 is 25.2 Å². The Bertz CT molecular complexity index is 1100. The van der Waals surface area contributed by atoms with E-state index >= 15 is 0 Å². The van der Waals surface area contributed by atoms with E-state index < -0.39 is 55.0 Å². The zero-order valence-electron chi connectivity index (χ0n) is 21.9. The number of allylic oxidation sites excluding steroid dienone is 1. The van der Waals surface area contributed by atoms with Crippen LogP contribution < -0.4 is 0 Å². The Morgan fingerprint density at radius 2 is 1.81 bits per heavy atom. The van der Waals surface area contributed by atoms with Gasteiger partial charge in [0.05, 0.1) is 38.3 Å². The smallest absolute Gasteiger partial charge is 0.423 e. The molecule has 0 unspecified atom stereocenters. The molecule has 0 bridgehead atoms. The lowest BCUT2D eigenvalue weighted by molar-refractivity contribution is -0.137. The summed E-state index contributed by atoms with van der Waals surface area (Å²) in [5.41, 5.74) is 4.37. The second kappa shape index (κ2) is 12.0. The highest BCUT2D eigenvalue weighted by molar-refractivity contribution is 6.16. The first-order valence-electron chi connectivity index (χ1n) is 12.7. The van der Waals surface area contributed by atoms with Crippen LogP contribution in [0.25, 0.3) is 6.08 Å². The Labute approximate surface area is 217 Å². The number of hydrogen-bond acceptors (Lipinski definition) is 8. The highest BCUT2D eigenvalue weighted by Gasteiger charge is 2.57. The van der Waals surface area contributed by atoms with Crippen molar-refractivity contribution in [1.29, 1.82) is 0 Å². The van der Waals surface area contributed by atoms with Crippen LogP contribution in [0.2, 0.25) is 0 Å². The van der Waals surface area contributed by atoms with Crippen molar-refractivity contribution in [2.75, 3.05) is 20.3 Å². The molecule has 0 aromatic heterocycles. The van der Waals surface area contributed by atoms with Gasteiger partial charge in [-0.25, -0.2) is 4.79 Å². The van der Waals surface area contributed by atoms with E-state index in [1.165, 1.54) is 0 Å². The van der Waals surface area contributed by atoms with Crippen molar-refractivity contribution in [3.8, 4) is 5.75 Å². The SMILES string of the molecule is CCC/C(=C\c1cc(C)c(O)c(C)c1)CC[C@@H](O)C1=C(CO)C[C@H]2C(=O)N(C(=O)OC)C(=O)[C@H]2[C@H]1CO. The zero-order valence-corrected chi connectivity index (χ0v) is 21.9. The van der Waals surface area contributed by atoms with Crippen LogP contribution in [-0.4, -0.2) is 69.7 Å². The van der Waals surface area contributed by atoms with E-state index in [9.17, 15) is 34.8 Å². The number of ether oxygens (including phenoxy) is 1. The number of amides is 3. The topological polar surface area (TPSA) is 145 Å². The maximum absolute atomic E-state index is 13.0. The molecule has 0 spiro atoms. The van der Waals surface area contributed by atoms with E-state index in [0.29, 0.717) is 22.5 Å². The lowest BCUT2D eigenvalue weighted by Gasteiger charge is -2.36. The summed E-state index contributed by atoms with van der Waals surface area (Å²) >= 11 is 0. The number of nitrogens with zero attached hydrogens (tertiary/aromatic N) is 1. The summed E-state index contributed by atoms with van der Waals surface area (Å²) in [5, 5.41) is 41.6. The molecule has 4 N–H and O–H groups in total. The lowest BCUT2D eigenvalue weighted by Crippen LogP contribution is -2.40. The molecule has 0 saturated carbocycles. The van der Waals surface area contributed by atoms with Crippen LogP contribution in [0.5, 0.6) is 5.75 Å². The van der Waals surface area contributed by atoms with Gasteiger partial charge >= 0.3 is 6.09 Å². The maximum atomic E-state index is 13.0. The van der Waals surface area contributed by atoms with Crippen molar-refractivity contribution in [3.05, 3.63) is 45.5 Å². The van der Waals surface area contributed by atoms with Gasteiger partial charge in [0.1, 0.15) is 5.75 Å². The molecule has 0 radical (unpaired) electrons. The quantitative estimate of drug-likeness (QED) is 0.290. The Hall–Kier alpha value is -3.01. The van der Waals surface area contributed by atoms with E-state index in [1.54, 1.807) is 0 Å². The molecule has 1 aliphatic carbocycles. The molecular formula is C28H37NO8. The molecule has 1 saturated heterocycles. The van der Waals surface area contributed by atoms with E-state index in [2.05, 4.69) is 11.7 Å². The standard InChI is InChI=1S/C28H37NO8/c1-5-6-17(11-18-9-15(2)25(33)16(3)10-18)7-8-22(32)23-19(13-30)12-20-24(21(23)14-31)27(35)29(26(20)34)28(36)37-4/h9-11,20-22,24,30-33H,5-8,12-14H2,1-4H3/b17-11+/t20-,21+,22-,24-/m1/s1. The number of imide groups is 3. The number of carbonyl (C=O) groups excluding carboxylic acids is 3. The van der Waals surface area contributed by atoms with E-state index in [4.69, 9.17) is 0 Å². The molecule has 1 aliphatic heterocycles.